The summed E-state index contributed by atoms with van der Waals surface area (Å²) in [4.78, 5) is 0. The predicted octanol–water partition coefficient (Wildman–Crippen LogP) is -2.85. The Bertz CT molecular complexity index is 1980. The van der Waals surface area contributed by atoms with E-state index in [-0.39, 0.29) is 35.4 Å². The summed E-state index contributed by atoms with van der Waals surface area (Å²) in [6.07, 6.45) is -21.2. The number of fused-ring (bicyclic) bond motifs is 7. The molecule has 1 spiro atoms. The molecule has 10 rings (SSSR count). The van der Waals surface area contributed by atoms with Crippen molar-refractivity contribution in [1.29, 1.82) is 0 Å². The van der Waals surface area contributed by atoms with Gasteiger partial charge in [-0.1, -0.05) is 32.4 Å². The zero-order valence-electron chi connectivity index (χ0n) is 42.8. The van der Waals surface area contributed by atoms with Gasteiger partial charge in [0.05, 0.1) is 50.3 Å². The molecule has 31 atom stereocenters. The van der Waals surface area contributed by atoms with Gasteiger partial charge in [-0.25, -0.2) is 0 Å². The highest BCUT2D eigenvalue weighted by atomic mass is 16.8. The lowest BCUT2D eigenvalue weighted by Gasteiger charge is -2.58. The van der Waals surface area contributed by atoms with Gasteiger partial charge in [-0.15, -0.1) is 0 Å². The lowest BCUT2D eigenvalue weighted by molar-refractivity contribution is -0.386. The van der Waals surface area contributed by atoms with Crippen LogP contribution in [0.3, 0.4) is 0 Å². The van der Waals surface area contributed by atoms with Gasteiger partial charge in [-0.05, 0) is 99.7 Å². The summed E-state index contributed by atoms with van der Waals surface area (Å²) in [7, 11) is 0. The molecule has 6 heterocycles. The zero-order chi connectivity index (χ0) is 53.1. The van der Waals surface area contributed by atoms with Gasteiger partial charge in [0.1, 0.15) is 91.6 Å². The Morgan fingerprint density at radius 2 is 1.18 bits per heavy atom. The van der Waals surface area contributed by atoms with Crippen LogP contribution in [0.15, 0.2) is 11.6 Å². The van der Waals surface area contributed by atoms with Gasteiger partial charge < -0.3 is 114 Å². The SMILES string of the molecule is CC1[C@H]2[C@H](C[C@H]3[C@@H]4CC=C5C[C@@H](O[C@@H]6O[C@H](CO)[C@@H](O)[C@H](O)[C@H]6O[C@@H]6O[C@H](CO)[C@@H](O[C@@H]7O[C@@H](C)[C@H](O)[C@@H](O)[C@H]7O)[C@H](O)[C@H]6O)CC[C@]5(C)C4CC[C@@]32C)O[C@]12CC[C@@](C)(CO[C@@H]1O[C@H](CO)[C@@H](O)[C@H](O)[C@H]1O)O2. The van der Waals surface area contributed by atoms with E-state index >= 15 is 0 Å². The first kappa shape index (κ1) is 56.1. The van der Waals surface area contributed by atoms with E-state index in [9.17, 15) is 66.4 Å². The maximum Gasteiger partial charge on any atom is 0.187 e. The molecular formula is C51H82O23. The standard InChI is InChI=1S/C51H82O23/c1-20-31-27(73-51(20)13-12-48(3,74-51)19-65-44-39(62)36(59)33(56)28(16-52)68-44)15-26-24-7-6-22-14-23(8-10-49(22,4)25(24)9-11-50(26,31)5)67-47-43(37(60)34(57)29(17-53)69-47)72-46-41(64)38(61)42(30(18-54)70-46)71-45-40(63)35(58)32(55)21(2)66-45/h6,20-21,23-47,52-64H,7-19H2,1-5H3/t20?,21-,23-,24+,25?,26-,27-,28+,29+,30+,31-,32-,33+,34+,35+,36-,37-,38+,39+,40+,41+,42+,43+,44+,45-,46-,47+,48-,49-,50-,51-/m0/s1. The molecule has 23 nitrogen and oxygen atoms in total. The molecule has 0 radical (unpaired) electrons. The second-order valence-electron chi connectivity index (χ2n) is 24.2. The number of rotatable bonds is 12. The van der Waals surface area contributed by atoms with Crippen LogP contribution in [0, 0.1) is 40.4 Å². The molecule has 13 N–H and O–H groups in total. The summed E-state index contributed by atoms with van der Waals surface area (Å²) in [5.41, 5.74) is 0.374. The van der Waals surface area contributed by atoms with Gasteiger partial charge in [0.15, 0.2) is 30.9 Å². The van der Waals surface area contributed by atoms with Crippen molar-refractivity contribution >= 4 is 0 Å². The highest BCUT2D eigenvalue weighted by Crippen LogP contribution is 2.71. The van der Waals surface area contributed by atoms with Crippen LogP contribution in [-0.2, 0) is 47.4 Å². The van der Waals surface area contributed by atoms with Gasteiger partial charge in [0.25, 0.3) is 0 Å². The Balaban J connectivity index is 0.778. The van der Waals surface area contributed by atoms with Crippen LogP contribution in [0.25, 0.3) is 0 Å². The Hall–Kier alpha value is -1.18. The summed E-state index contributed by atoms with van der Waals surface area (Å²) >= 11 is 0. The van der Waals surface area contributed by atoms with Crippen molar-refractivity contribution in [2.75, 3.05) is 26.4 Å². The van der Waals surface area contributed by atoms with E-state index in [1.165, 1.54) is 12.5 Å². The van der Waals surface area contributed by atoms with E-state index in [0.29, 0.717) is 43.4 Å². The van der Waals surface area contributed by atoms with E-state index in [1.807, 2.05) is 6.92 Å². The maximum absolute atomic E-state index is 11.5. The first-order valence-corrected chi connectivity index (χ1v) is 26.9. The van der Waals surface area contributed by atoms with Crippen LogP contribution in [0.1, 0.15) is 92.4 Å². The second kappa shape index (κ2) is 21.0. The van der Waals surface area contributed by atoms with Gasteiger partial charge in [0.2, 0.25) is 0 Å². The number of hydrogen-bond acceptors (Lipinski definition) is 23. The fraction of sp³-hybridized carbons (Fsp3) is 0.961. The highest BCUT2D eigenvalue weighted by molar-refractivity contribution is 5.27. The van der Waals surface area contributed by atoms with Crippen LogP contribution in [0.5, 0.6) is 0 Å². The summed E-state index contributed by atoms with van der Waals surface area (Å²) < 4.78 is 61.4. The third-order valence-corrected chi connectivity index (χ3v) is 19.9. The van der Waals surface area contributed by atoms with Crippen LogP contribution in [0.2, 0.25) is 0 Å². The summed E-state index contributed by atoms with van der Waals surface area (Å²) in [6, 6.07) is 0. The average Bonchev–Trinajstić information content (AvgIpc) is 3.98. The van der Waals surface area contributed by atoms with Crippen LogP contribution >= 0.6 is 0 Å². The molecule has 9 fully saturated rings. The fourth-order valence-electron chi connectivity index (χ4n) is 15.6. The lowest BCUT2D eigenvalue weighted by Crippen LogP contribution is -2.66. The molecule has 10 aliphatic rings. The smallest absolute Gasteiger partial charge is 0.187 e. The van der Waals surface area contributed by atoms with Crippen molar-refractivity contribution in [3.63, 3.8) is 0 Å². The molecule has 0 bridgehead atoms. The van der Waals surface area contributed by atoms with Gasteiger partial charge >= 0.3 is 0 Å². The number of aliphatic hydroxyl groups excluding tert-OH is 13. The topological polar surface area (TPSA) is 355 Å². The Morgan fingerprint density at radius 1 is 0.581 bits per heavy atom. The number of ether oxygens (including phenoxy) is 10. The maximum atomic E-state index is 11.5. The minimum Gasteiger partial charge on any atom is -0.394 e. The number of hydrogen-bond donors (Lipinski definition) is 13. The minimum absolute atomic E-state index is 0.00375. The van der Waals surface area contributed by atoms with E-state index < -0.39 is 160 Å². The molecule has 6 aliphatic heterocycles. The van der Waals surface area contributed by atoms with E-state index in [1.54, 1.807) is 0 Å². The molecule has 0 aromatic carbocycles. The van der Waals surface area contributed by atoms with Crippen molar-refractivity contribution in [3.8, 4) is 0 Å². The van der Waals surface area contributed by atoms with Crippen molar-refractivity contribution < 1.29 is 114 Å². The molecule has 0 aromatic heterocycles. The van der Waals surface area contributed by atoms with E-state index in [2.05, 4.69) is 26.8 Å². The monoisotopic (exact) mass is 1060 g/mol. The largest absolute Gasteiger partial charge is 0.394 e. The molecule has 6 saturated heterocycles. The summed E-state index contributed by atoms with van der Waals surface area (Å²) in [6.45, 7) is 8.49. The van der Waals surface area contributed by atoms with Crippen LogP contribution < -0.4 is 0 Å². The molecule has 3 saturated carbocycles. The van der Waals surface area contributed by atoms with Crippen molar-refractivity contribution in [2.45, 2.75) is 239 Å². The van der Waals surface area contributed by atoms with Crippen molar-refractivity contribution in [3.05, 3.63) is 11.6 Å². The molecule has 0 aromatic rings. The minimum atomic E-state index is -1.90. The number of aliphatic hydroxyl groups is 13. The van der Waals surface area contributed by atoms with E-state index in [0.717, 1.165) is 32.1 Å². The fourth-order valence-corrected chi connectivity index (χ4v) is 15.6. The van der Waals surface area contributed by atoms with Gasteiger partial charge in [0, 0.05) is 12.3 Å². The summed E-state index contributed by atoms with van der Waals surface area (Å²) in [5.74, 6) is 0.781. The third kappa shape index (κ3) is 9.38. The third-order valence-electron chi connectivity index (χ3n) is 19.9. The molecule has 74 heavy (non-hydrogen) atoms. The highest BCUT2D eigenvalue weighted by Gasteiger charge is 2.70. The normalized spacial score (nSPS) is 57.4. The summed E-state index contributed by atoms with van der Waals surface area (Å²) in [5, 5.41) is 137. The molecule has 424 valence electrons. The van der Waals surface area contributed by atoms with Crippen LogP contribution in [0.4, 0.5) is 0 Å². The van der Waals surface area contributed by atoms with E-state index in [4.69, 9.17) is 47.4 Å². The Labute approximate surface area is 430 Å². The first-order chi connectivity index (χ1) is 35.0. The van der Waals surface area contributed by atoms with Gasteiger partial charge in [-0.3, -0.25) is 0 Å². The Morgan fingerprint density at radius 3 is 1.88 bits per heavy atom. The quantitative estimate of drug-likeness (QED) is 0.0875. The first-order valence-electron chi connectivity index (χ1n) is 26.9. The molecule has 2 unspecified atom stereocenters. The average molecular weight is 1060 g/mol. The molecule has 4 aliphatic carbocycles. The molecule has 23 heteroatoms. The van der Waals surface area contributed by atoms with Gasteiger partial charge in [-0.2, -0.15) is 0 Å². The zero-order valence-corrected chi connectivity index (χ0v) is 42.8. The lowest BCUT2D eigenvalue weighted by atomic mass is 9.47. The van der Waals surface area contributed by atoms with Crippen molar-refractivity contribution in [1.82, 2.24) is 0 Å². The van der Waals surface area contributed by atoms with Crippen molar-refractivity contribution in [2.24, 2.45) is 40.4 Å². The second-order valence-corrected chi connectivity index (χ2v) is 24.2. The molecular weight excluding hydrogens is 981 g/mol. The molecule has 0 amide bonds. The Kier molecular flexibility index (Phi) is 16.0. The van der Waals surface area contributed by atoms with Crippen LogP contribution in [-0.4, -0.2) is 239 Å². The number of allylic oxidation sites excluding steroid dienone is 1. The predicted molar refractivity (Wildman–Crippen MR) is 248 cm³/mol.